The summed E-state index contributed by atoms with van der Waals surface area (Å²) >= 11 is 0. The number of rotatable bonds is 4. The van der Waals surface area contributed by atoms with Crippen LogP contribution in [0.1, 0.15) is 43.6 Å². The Morgan fingerprint density at radius 1 is 1.28 bits per heavy atom. The molecule has 1 aliphatic rings. The number of anilines is 1. The molecule has 3 rings (SSSR count). The van der Waals surface area contributed by atoms with Gasteiger partial charge in [0.2, 0.25) is 0 Å². The zero-order chi connectivity index (χ0) is 21.2. The first-order chi connectivity index (χ1) is 13.6. The molecule has 0 unspecified atom stereocenters. The van der Waals surface area contributed by atoms with Gasteiger partial charge in [0.1, 0.15) is 17.6 Å². The predicted octanol–water partition coefficient (Wildman–Crippen LogP) is 3.76. The molecule has 0 saturated carbocycles. The van der Waals surface area contributed by atoms with Crippen molar-refractivity contribution >= 4 is 5.82 Å². The number of nitrogens with one attached hydrogen (secondary N) is 1. The number of benzene rings is 1. The van der Waals surface area contributed by atoms with E-state index in [4.69, 9.17) is 0 Å². The van der Waals surface area contributed by atoms with E-state index in [0.29, 0.717) is 13.1 Å². The molecule has 0 radical (unpaired) electrons. The first kappa shape index (κ1) is 20.7. The van der Waals surface area contributed by atoms with Gasteiger partial charge in [0, 0.05) is 25.1 Å². The first-order valence-corrected chi connectivity index (χ1v) is 9.20. The van der Waals surface area contributed by atoms with Crippen LogP contribution in [0.4, 0.5) is 19.0 Å². The van der Waals surface area contributed by atoms with Gasteiger partial charge in [0.25, 0.3) is 5.56 Å². The van der Waals surface area contributed by atoms with Crippen molar-refractivity contribution in [2.45, 2.75) is 39.5 Å². The highest BCUT2D eigenvalue weighted by molar-refractivity contribution is 5.53. The highest BCUT2D eigenvalue weighted by Crippen LogP contribution is 2.32. The van der Waals surface area contributed by atoms with Gasteiger partial charge in [0.05, 0.1) is 0 Å². The van der Waals surface area contributed by atoms with Gasteiger partial charge < -0.3 is 14.6 Å². The Hall–Kier alpha value is -3.02. The van der Waals surface area contributed by atoms with Gasteiger partial charge in [-0.05, 0) is 24.3 Å². The molecule has 2 aromatic rings. The standard InChI is InChI=1S/C20H21F3N4O2/c1-19(2)7-9-27(10-8-19)17-14(12-24)18(28)26-16(25-17)11-13-5-3-4-6-15(13)29-20(21,22)23/h3-6H,7-11H2,1-2H3,(H,25,26,28). The van der Waals surface area contributed by atoms with E-state index in [2.05, 4.69) is 28.6 Å². The summed E-state index contributed by atoms with van der Waals surface area (Å²) in [5, 5.41) is 9.40. The van der Waals surface area contributed by atoms with Crippen LogP contribution in [-0.2, 0) is 6.42 Å². The van der Waals surface area contributed by atoms with Gasteiger partial charge in [-0.15, -0.1) is 13.2 Å². The second-order valence-electron chi connectivity index (χ2n) is 7.81. The van der Waals surface area contributed by atoms with Crippen LogP contribution in [0.3, 0.4) is 0 Å². The number of alkyl halides is 3. The zero-order valence-corrected chi connectivity index (χ0v) is 16.1. The Balaban J connectivity index is 1.94. The lowest BCUT2D eigenvalue weighted by atomic mass is 9.82. The van der Waals surface area contributed by atoms with Crippen molar-refractivity contribution in [3.63, 3.8) is 0 Å². The van der Waals surface area contributed by atoms with Crippen molar-refractivity contribution in [3.05, 3.63) is 51.6 Å². The van der Waals surface area contributed by atoms with E-state index in [1.165, 1.54) is 18.2 Å². The van der Waals surface area contributed by atoms with Crippen LogP contribution < -0.4 is 15.2 Å². The summed E-state index contributed by atoms with van der Waals surface area (Å²) in [6.45, 7) is 5.60. The largest absolute Gasteiger partial charge is 0.573 e. The summed E-state index contributed by atoms with van der Waals surface area (Å²) in [6, 6.07) is 7.58. The van der Waals surface area contributed by atoms with Crippen molar-refractivity contribution in [1.82, 2.24) is 9.97 Å². The zero-order valence-electron chi connectivity index (χ0n) is 16.1. The molecule has 1 aliphatic heterocycles. The van der Waals surface area contributed by atoms with E-state index in [9.17, 15) is 23.2 Å². The number of halogens is 3. The molecule has 6 nitrogen and oxygen atoms in total. The molecule has 0 spiro atoms. The third-order valence-corrected chi connectivity index (χ3v) is 5.03. The van der Waals surface area contributed by atoms with E-state index >= 15 is 0 Å². The second kappa shape index (κ2) is 7.78. The molecule has 1 aromatic heterocycles. The number of para-hydroxylation sites is 1. The van der Waals surface area contributed by atoms with Gasteiger partial charge >= 0.3 is 6.36 Å². The van der Waals surface area contributed by atoms with Crippen LogP contribution in [0.15, 0.2) is 29.1 Å². The van der Waals surface area contributed by atoms with Crippen molar-refractivity contribution in [2.75, 3.05) is 18.0 Å². The number of aromatic amines is 1. The van der Waals surface area contributed by atoms with Gasteiger partial charge in [-0.2, -0.15) is 5.26 Å². The van der Waals surface area contributed by atoms with Crippen molar-refractivity contribution < 1.29 is 17.9 Å². The third kappa shape index (κ3) is 5.08. The third-order valence-electron chi connectivity index (χ3n) is 5.03. The monoisotopic (exact) mass is 406 g/mol. The maximum atomic E-state index is 12.7. The number of aromatic nitrogens is 2. The minimum absolute atomic E-state index is 0.0699. The lowest BCUT2D eigenvalue weighted by Crippen LogP contribution is -2.39. The number of H-pyrrole nitrogens is 1. The van der Waals surface area contributed by atoms with Crippen LogP contribution in [0, 0.1) is 16.7 Å². The van der Waals surface area contributed by atoms with Crippen LogP contribution in [-0.4, -0.2) is 29.4 Å². The number of hydrogen-bond donors (Lipinski definition) is 1. The van der Waals surface area contributed by atoms with Gasteiger partial charge in [-0.3, -0.25) is 4.79 Å². The highest BCUT2D eigenvalue weighted by Gasteiger charge is 2.32. The molecule has 0 aliphatic carbocycles. The number of nitrogens with zero attached hydrogens (tertiary/aromatic N) is 3. The molecule has 154 valence electrons. The van der Waals surface area contributed by atoms with Crippen molar-refractivity contribution in [2.24, 2.45) is 5.41 Å². The minimum Gasteiger partial charge on any atom is -0.405 e. The number of nitriles is 1. The SMILES string of the molecule is CC1(C)CCN(c2nc(Cc3ccccc3OC(F)(F)F)[nH]c(=O)c2C#N)CC1. The quantitative estimate of drug-likeness (QED) is 0.836. The van der Waals surface area contributed by atoms with Gasteiger partial charge in [-0.25, -0.2) is 4.98 Å². The Morgan fingerprint density at radius 2 is 1.93 bits per heavy atom. The topological polar surface area (TPSA) is 82.0 Å². The summed E-state index contributed by atoms with van der Waals surface area (Å²) in [7, 11) is 0. The lowest BCUT2D eigenvalue weighted by Gasteiger charge is -2.37. The van der Waals surface area contributed by atoms with E-state index in [0.717, 1.165) is 12.8 Å². The molecule has 0 bridgehead atoms. The molecule has 1 fully saturated rings. The van der Waals surface area contributed by atoms with E-state index < -0.39 is 11.9 Å². The molecule has 1 N–H and O–H groups in total. The fraction of sp³-hybridized carbons (Fsp3) is 0.450. The molecule has 29 heavy (non-hydrogen) atoms. The number of ether oxygens (including phenoxy) is 1. The Labute approximate surface area is 165 Å². The normalized spacial score (nSPS) is 16.3. The van der Waals surface area contributed by atoms with Crippen LogP contribution >= 0.6 is 0 Å². The fourth-order valence-corrected chi connectivity index (χ4v) is 3.30. The lowest BCUT2D eigenvalue weighted by molar-refractivity contribution is -0.274. The maximum Gasteiger partial charge on any atom is 0.573 e. The summed E-state index contributed by atoms with van der Waals surface area (Å²) in [5.74, 6) is 0.0938. The highest BCUT2D eigenvalue weighted by atomic mass is 19.4. The van der Waals surface area contributed by atoms with Crippen LogP contribution in [0.25, 0.3) is 0 Å². The molecule has 1 aromatic carbocycles. The number of piperidine rings is 1. The Bertz CT molecular complexity index is 982. The molecule has 9 heteroatoms. The van der Waals surface area contributed by atoms with Gasteiger partial charge in [-0.1, -0.05) is 32.0 Å². The minimum atomic E-state index is -4.83. The maximum absolute atomic E-state index is 12.7. The van der Waals surface area contributed by atoms with Crippen molar-refractivity contribution in [3.8, 4) is 11.8 Å². The van der Waals surface area contributed by atoms with Gasteiger partial charge in [0.15, 0.2) is 11.4 Å². The molecule has 2 heterocycles. The molecular weight excluding hydrogens is 385 g/mol. The summed E-state index contributed by atoms with van der Waals surface area (Å²) in [4.78, 5) is 21.2. The molecular formula is C20H21F3N4O2. The average Bonchev–Trinajstić information content (AvgIpc) is 2.62. The summed E-state index contributed by atoms with van der Waals surface area (Å²) in [6.07, 6.45) is -3.14. The smallest absolute Gasteiger partial charge is 0.405 e. The van der Waals surface area contributed by atoms with Crippen LogP contribution in [0.2, 0.25) is 0 Å². The summed E-state index contributed by atoms with van der Waals surface area (Å²) < 4.78 is 42.0. The molecule has 0 amide bonds. The average molecular weight is 406 g/mol. The molecule has 0 atom stereocenters. The summed E-state index contributed by atoms with van der Waals surface area (Å²) in [5.41, 5.74) is -0.301. The van der Waals surface area contributed by atoms with Crippen molar-refractivity contribution in [1.29, 1.82) is 5.26 Å². The Morgan fingerprint density at radius 3 is 2.55 bits per heavy atom. The van der Waals surface area contributed by atoms with E-state index in [1.807, 2.05) is 11.0 Å². The first-order valence-electron chi connectivity index (χ1n) is 9.20. The van der Waals surface area contributed by atoms with E-state index in [1.54, 1.807) is 6.07 Å². The Kier molecular flexibility index (Phi) is 5.55. The second-order valence-corrected chi connectivity index (χ2v) is 7.81. The predicted molar refractivity (Wildman–Crippen MR) is 101 cm³/mol. The van der Waals surface area contributed by atoms with Crippen LogP contribution in [0.5, 0.6) is 5.75 Å². The van der Waals surface area contributed by atoms with E-state index in [-0.39, 0.29) is 40.4 Å². The molecule has 1 saturated heterocycles. The number of hydrogen-bond acceptors (Lipinski definition) is 5. The fourth-order valence-electron chi connectivity index (χ4n) is 3.30.